The highest BCUT2D eigenvalue weighted by Gasteiger charge is 2.30. The second kappa shape index (κ2) is 12.3. The summed E-state index contributed by atoms with van der Waals surface area (Å²) in [6.45, 7) is 0.446. The summed E-state index contributed by atoms with van der Waals surface area (Å²) in [7, 11) is 1.76. The predicted octanol–water partition coefficient (Wildman–Crippen LogP) is 5.46. The molecular weight excluding hydrogens is 500 g/mol. The van der Waals surface area contributed by atoms with Crippen LogP contribution in [-0.4, -0.2) is 27.7 Å². The zero-order valence-corrected chi connectivity index (χ0v) is 22.5. The Hall–Kier alpha value is -4.90. The number of benzene rings is 2. The number of hydrogen-bond acceptors (Lipinski definition) is 5. The van der Waals surface area contributed by atoms with E-state index in [0.29, 0.717) is 12.1 Å². The van der Waals surface area contributed by atoms with Crippen LogP contribution >= 0.6 is 0 Å². The number of aromatic nitrogens is 2. The summed E-state index contributed by atoms with van der Waals surface area (Å²) >= 11 is 0. The van der Waals surface area contributed by atoms with Crippen LogP contribution in [0, 0.1) is 11.3 Å². The fourth-order valence-corrected chi connectivity index (χ4v) is 5.23. The molecule has 0 unspecified atom stereocenters. The minimum absolute atomic E-state index is 0.0367. The average Bonchev–Trinajstić information content (AvgIpc) is 3.00. The fourth-order valence-electron chi connectivity index (χ4n) is 5.23. The lowest BCUT2D eigenvalue weighted by Crippen LogP contribution is -2.48. The summed E-state index contributed by atoms with van der Waals surface area (Å²) in [6.07, 6.45) is 5.02. The number of anilines is 2. The van der Waals surface area contributed by atoms with Crippen molar-refractivity contribution >= 4 is 17.5 Å². The van der Waals surface area contributed by atoms with Gasteiger partial charge in [0.25, 0.3) is 5.56 Å². The number of carbonyl (C=O) groups is 1. The number of hydrogen-bond donors (Lipinski definition) is 2. The summed E-state index contributed by atoms with van der Waals surface area (Å²) in [5.41, 5.74) is 4.06. The van der Waals surface area contributed by atoms with Gasteiger partial charge in [-0.25, -0.2) is 9.78 Å². The lowest BCUT2D eigenvalue weighted by Gasteiger charge is -2.37. The quantitative estimate of drug-likeness (QED) is 0.329. The number of urea groups is 1. The second-order valence-electron chi connectivity index (χ2n) is 10.1. The Labute approximate surface area is 233 Å². The Bertz CT molecular complexity index is 1530. The van der Waals surface area contributed by atoms with Crippen LogP contribution in [-0.2, 0) is 13.6 Å². The van der Waals surface area contributed by atoms with Gasteiger partial charge in [0.2, 0.25) is 0 Å². The van der Waals surface area contributed by atoms with E-state index in [4.69, 9.17) is 5.26 Å². The Kier molecular flexibility index (Phi) is 8.21. The molecule has 2 heterocycles. The first-order valence-corrected chi connectivity index (χ1v) is 13.5. The molecule has 40 heavy (non-hydrogen) atoms. The van der Waals surface area contributed by atoms with E-state index in [2.05, 4.69) is 21.7 Å². The van der Waals surface area contributed by atoms with Gasteiger partial charge in [-0.15, -0.1) is 0 Å². The molecule has 0 atom stereocenters. The molecular formula is C32H32N6O2. The molecule has 8 heteroatoms. The van der Waals surface area contributed by atoms with Gasteiger partial charge in [0.05, 0.1) is 11.3 Å². The molecule has 0 bridgehead atoms. The van der Waals surface area contributed by atoms with Gasteiger partial charge in [-0.1, -0.05) is 48.5 Å². The summed E-state index contributed by atoms with van der Waals surface area (Å²) in [6, 6.07) is 28.8. The molecule has 8 nitrogen and oxygen atoms in total. The van der Waals surface area contributed by atoms with Crippen molar-refractivity contribution in [2.75, 3.05) is 10.2 Å². The normalized spacial score (nSPS) is 16.5. The molecule has 2 N–H and O–H groups in total. The molecule has 1 aliphatic carbocycles. The maximum atomic E-state index is 13.6. The van der Waals surface area contributed by atoms with Crippen molar-refractivity contribution in [2.24, 2.45) is 7.05 Å². The third kappa shape index (κ3) is 6.21. The van der Waals surface area contributed by atoms with E-state index in [-0.39, 0.29) is 23.7 Å². The molecule has 2 aromatic carbocycles. The molecule has 2 amide bonds. The Morgan fingerprint density at radius 3 is 2.40 bits per heavy atom. The minimum Gasteiger partial charge on any atom is -0.367 e. The number of nitrogens with zero attached hydrogens (tertiary/aromatic N) is 4. The Morgan fingerprint density at radius 2 is 1.73 bits per heavy atom. The minimum atomic E-state index is -0.131. The van der Waals surface area contributed by atoms with E-state index in [9.17, 15) is 9.59 Å². The molecule has 202 valence electrons. The molecule has 0 saturated heterocycles. The maximum absolute atomic E-state index is 13.6. The zero-order valence-electron chi connectivity index (χ0n) is 22.5. The highest BCUT2D eigenvalue weighted by atomic mass is 16.2. The van der Waals surface area contributed by atoms with Crippen LogP contribution in [0.4, 0.5) is 16.3 Å². The average molecular weight is 533 g/mol. The molecule has 2 aromatic heterocycles. The van der Waals surface area contributed by atoms with Crippen LogP contribution in [0.1, 0.15) is 36.8 Å². The van der Waals surface area contributed by atoms with E-state index in [1.807, 2.05) is 71.6 Å². The predicted molar refractivity (Wildman–Crippen MR) is 157 cm³/mol. The lowest BCUT2D eigenvalue weighted by molar-refractivity contribution is 0.240. The molecule has 0 spiro atoms. The standard InChI is InChI=1S/C32H32N6O2/c1-37-29(8-5-9-31(37)39)25-11-15-27(16-12-25)38(32(40)35-21-23-6-3-2-4-7-23)28-17-13-26(14-18-28)36-30-19-10-24(20-33)22-34-30/h2-12,15-16,19,22,26,28H,13-14,17-18,21H2,1H3,(H,34,36)(H,35,40)/t26-,28-. The Morgan fingerprint density at radius 1 is 0.975 bits per heavy atom. The van der Waals surface area contributed by atoms with Gasteiger partial charge >= 0.3 is 6.03 Å². The van der Waals surface area contributed by atoms with Gasteiger partial charge < -0.3 is 15.2 Å². The van der Waals surface area contributed by atoms with Crippen molar-refractivity contribution in [3.8, 4) is 17.3 Å². The van der Waals surface area contributed by atoms with E-state index < -0.39 is 0 Å². The Balaban J connectivity index is 1.32. The number of nitrogens with one attached hydrogen (secondary N) is 2. The van der Waals surface area contributed by atoms with E-state index in [1.165, 1.54) is 0 Å². The van der Waals surface area contributed by atoms with Crippen molar-refractivity contribution in [3.05, 3.63) is 113 Å². The molecule has 4 aromatic rings. The summed E-state index contributed by atoms with van der Waals surface area (Å²) in [5, 5.41) is 15.6. The molecule has 1 saturated carbocycles. The van der Waals surface area contributed by atoms with Crippen molar-refractivity contribution in [1.82, 2.24) is 14.9 Å². The molecule has 1 fully saturated rings. The van der Waals surface area contributed by atoms with Crippen molar-refractivity contribution < 1.29 is 4.79 Å². The SMILES string of the molecule is Cn1c(-c2ccc(N(C(=O)NCc3ccccc3)[C@H]3CC[C@H](Nc4ccc(C#N)cn4)CC3)cc2)cccc1=O. The summed E-state index contributed by atoms with van der Waals surface area (Å²) in [4.78, 5) is 32.0. The van der Waals surface area contributed by atoms with Gasteiger partial charge in [0.15, 0.2) is 0 Å². The van der Waals surface area contributed by atoms with Crippen LogP contribution in [0.3, 0.4) is 0 Å². The van der Waals surface area contributed by atoms with Crippen molar-refractivity contribution in [2.45, 2.75) is 44.3 Å². The monoisotopic (exact) mass is 532 g/mol. The highest BCUT2D eigenvalue weighted by Crippen LogP contribution is 2.31. The number of pyridine rings is 2. The lowest BCUT2D eigenvalue weighted by atomic mass is 9.89. The van der Waals surface area contributed by atoms with Crippen LogP contribution in [0.5, 0.6) is 0 Å². The number of rotatable bonds is 7. The van der Waals surface area contributed by atoms with Gasteiger partial charge in [0, 0.05) is 43.6 Å². The second-order valence-corrected chi connectivity index (χ2v) is 10.1. The zero-order chi connectivity index (χ0) is 27.9. The first-order chi connectivity index (χ1) is 19.5. The maximum Gasteiger partial charge on any atom is 0.322 e. The van der Waals surface area contributed by atoms with E-state index in [0.717, 1.165) is 54.0 Å². The van der Waals surface area contributed by atoms with E-state index >= 15 is 0 Å². The van der Waals surface area contributed by atoms with Gasteiger partial charge in [-0.3, -0.25) is 9.69 Å². The first-order valence-electron chi connectivity index (χ1n) is 13.5. The fraction of sp³-hybridized carbons (Fsp3) is 0.250. The van der Waals surface area contributed by atoms with Crippen molar-refractivity contribution in [3.63, 3.8) is 0 Å². The molecule has 0 radical (unpaired) electrons. The number of carbonyl (C=O) groups excluding carboxylic acids is 1. The number of amides is 2. The van der Waals surface area contributed by atoms with Crippen LogP contribution in [0.15, 0.2) is 95.9 Å². The van der Waals surface area contributed by atoms with E-state index in [1.54, 1.807) is 36.0 Å². The molecule has 5 rings (SSSR count). The topological polar surface area (TPSA) is 103 Å². The summed E-state index contributed by atoms with van der Waals surface area (Å²) in [5.74, 6) is 0.755. The smallest absolute Gasteiger partial charge is 0.322 e. The van der Waals surface area contributed by atoms with Gasteiger partial charge in [0.1, 0.15) is 11.9 Å². The highest BCUT2D eigenvalue weighted by molar-refractivity contribution is 5.93. The largest absolute Gasteiger partial charge is 0.367 e. The first kappa shape index (κ1) is 26.7. The number of nitriles is 1. The van der Waals surface area contributed by atoms with Crippen LogP contribution in [0.2, 0.25) is 0 Å². The van der Waals surface area contributed by atoms with Gasteiger partial charge in [-0.2, -0.15) is 5.26 Å². The van der Waals surface area contributed by atoms with Gasteiger partial charge in [-0.05, 0) is 67.1 Å². The molecule has 0 aliphatic heterocycles. The van der Waals surface area contributed by atoms with Crippen LogP contribution in [0.25, 0.3) is 11.3 Å². The molecule has 1 aliphatic rings. The third-order valence-electron chi connectivity index (χ3n) is 7.44. The van der Waals surface area contributed by atoms with Crippen molar-refractivity contribution in [1.29, 1.82) is 5.26 Å². The van der Waals surface area contributed by atoms with Crippen LogP contribution < -0.4 is 21.1 Å². The summed E-state index contributed by atoms with van der Waals surface area (Å²) < 4.78 is 1.62. The third-order valence-corrected chi connectivity index (χ3v) is 7.44.